The molecule has 0 aliphatic heterocycles. The van der Waals surface area contributed by atoms with Gasteiger partial charge in [-0.1, -0.05) is 205 Å². The molecule has 0 fully saturated rings. The molecule has 0 bridgehead atoms. The van der Waals surface area contributed by atoms with Crippen molar-refractivity contribution in [3.63, 3.8) is 0 Å². The number of benzene rings is 11. The molecule has 11 rings (SSSR count). The van der Waals surface area contributed by atoms with Gasteiger partial charge in [-0.15, -0.1) is 0 Å². The molecule has 0 aromatic heterocycles. The Morgan fingerprint density at radius 1 is 0.203 bits per heavy atom. The highest BCUT2D eigenvalue weighted by atomic mass is 14.2. The highest BCUT2D eigenvalue weighted by Gasteiger charge is 2.21. The Kier molecular flexibility index (Phi) is 9.63. The van der Waals surface area contributed by atoms with Crippen molar-refractivity contribution in [2.75, 3.05) is 0 Å². The van der Waals surface area contributed by atoms with Gasteiger partial charge in [-0.25, -0.2) is 0 Å². The highest BCUT2D eigenvalue weighted by molar-refractivity contribution is 6.23. The smallest absolute Gasteiger partial charge is 0.00210 e. The van der Waals surface area contributed by atoms with Gasteiger partial charge in [-0.3, -0.25) is 0 Å². The summed E-state index contributed by atoms with van der Waals surface area (Å²) in [7, 11) is 0. The van der Waals surface area contributed by atoms with Gasteiger partial charge in [-0.2, -0.15) is 0 Å². The summed E-state index contributed by atoms with van der Waals surface area (Å²) in [6.07, 6.45) is 0. The van der Waals surface area contributed by atoms with Crippen molar-refractivity contribution in [3.8, 4) is 66.8 Å². The van der Waals surface area contributed by atoms with Gasteiger partial charge < -0.3 is 0 Å². The third kappa shape index (κ3) is 6.44. The Morgan fingerprint density at radius 3 is 0.688 bits per heavy atom. The largest absolute Gasteiger partial charge is 0.0616 e. The zero-order chi connectivity index (χ0) is 43.6. The molecule has 0 heteroatoms. The first-order chi connectivity index (χ1) is 31.2. The Balaban J connectivity index is 1.00. The van der Waals surface area contributed by atoms with Crippen LogP contribution in [0.5, 0.6) is 0 Å². The van der Waals surface area contributed by atoms with Crippen LogP contribution in [0.1, 0.15) is 33.4 Å². The Hall–Kier alpha value is -7.54. The van der Waals surface area contributed by atoms with Gasteiger partial charge in [0.05, 0.1) is 0 Å². The molecule has 0 radical (unpaired) electrons. The summed E-state index contributed by atoms with van der Waals surface area (Å²) in [5, 5.41) is 10.3. The van der Waals surface area contributed by atoms with Crippen molar-refractivity contribution < 1.29 is 0 Å². The van der Waals surface area contributed by atoms with E-state index in [9.17, 15) is 0 Å². The minimum atomic E-state index is 1.20. The molecule has 0 aliphatic rings. The molecule has 0 saturated carbocycles. The highest BCUT2D eigenvalue weighted by Crippen LogP contribution is 2.48. The fraction of sp³-hybridized carbons (Fsp3) is 0.0938. The molecule has 0 aliphatic carbocycles. The molecule has 0 heterocycles. The summed E-state index contributed by atoms with van der Waals surface area (Å²) in [5.74, 6) is 0. The van der Waals surface area contributed by atoms with E-state index in [1.165, 1.54) is 143 Å². The maximum atomic E-state index is 2.32. The van der Waals surface area contributed by atoms with Gasteiger partial charge in [0.15, 0.2) is 0 Å². The molecule has 0 spiro atoms. The van der Waals surface area contributed by atoms with Crippen LogP contribution < -0.4 is 0 Å². The summed E-state index contributed by atoms with van der Waals surface area (Å²) in [4.78, 5) is 0. The van der Waals surface area contributed by atoms with Gasteiger partial charge in [0.25, 0.3) is 0 Å². The van der Waals surface area contributed by atoms with E-state index < -0.39 is 0 Å². The average Bonchev–Trinajstić information content (AvgIpc) is 3.31. The first-order valence-corrected chi connectivity index (χ1v) is 22.6. The van der Waals surface area contributed by atoms with E-state index >= 15 is 0 Å². The fourth-order valence-electron chi connectivity index (χ4n) is 11.2. The van der Waals surface area contributed by atoms with Crippen LogP contribution in [0, 0.1) is 41.5 Å². The molecule has 64 heavy (non-hydrogen) atoms. The van der Waals surface area contributed by atoms with Crippen LogP contribution in [0.2, 0.25) is 0 Å². The minimum absolute atomic E-state index is 1.20. The van der Waals surface area contributed by atoms with Gasteiger partial charge in [0, 0.05) is 0 Å². The summed E-state index contributed by atoms with van der Waals surface area (Å²) >= 11 is 0. The topological polar surface area (TPSA) is 0 Å². The molecule has 0 amide bonds. The predicted octanol–water partition coefficient (Wildman–Crippen LogP) is 18.2. The van der Waals surface area contributed by atoms with Crippen LogP contribution in [-0.2, 0) is 0 Å². The zero-order valence-corrected chi connectivity index (χ0v) is 37.5. The third-order valence-corrected chi connectivity index (χ3v) is 13.6. The van der Waals surface area contributed by atoms with Gasteiger partial charge in [-0.05, 0) is 174 Å². The molecule has 0 unspecified atom stereocenters. The van der Waals surface area contributed by atoms with Crippen LogP contribution >= 0.6 is 0 Å². The second-order valence-corrected chi connectivity index (χ2v) is 17.9. The molecule has 0 nitrogen and oxygen atoms in total. The summed E-state index contributed by atoms with van der Waals surface area (Å²) in [5.41, 5.74) is 23.1. The third-order valence-electron chi connectivity index (χ3n) is 13.6. The first kappa shape index (κ1) is 39.3. The standard InChI is InChI=1S/C64H50/c1-39-35-41(3)59(42(4)36-39)63-55-23-13-9-19-51(55)61(52-20-10-14-24-56(52)63)47-31-27-45(28-32-47)49-17-7-8-18-50(49)46-29-33-48(34-30-46)62-53-21-11-15-25-57(53)64(58-26-16-12-22-54(58)62)60-43(5)37-40(2)38-44(60)6/h7-38H,1-6H3. The average molecular weight is 819 g/mol. The van der Waals surface area contributed by atoms with Crippen molar-refractivity contribution in [2.24, 2.45) is 0 Å². The lowest BCUT2D eigenvalue weighted by Crippen LogP contribution is -1.95. The van der Waals surface area contributed by atoms with Crippen LogP contribution in [0.25, 0.3) is 110 Å². The number of hydrogen-bond donors (Lipinski definition) is 0. The SMILES string of the molecule is Cc1cc(C)c(-c2c3ccccc3c(-c3ccc(-c4ccccc4-c4ccc(-c5c6ccccc6c(-c6c(C)cc(C)cc6C)c6ccccc56)cc4)cc3)c3ccccc23)c(C)c1. The maximum Gasteiger partial charge on any atom is -0.00210 e. The Labute approximate surface area is 377 Å². The zero-order valence-electron chi connectivity index (χ0n) is 37.5. The van der Waals surface area contributed by atoms with E-state index in [0.717, 1.165) is 0 Å². The van der Waals surface area contributed by atoms with Gasteiger partial charge in [0.1, 0.15) is 0 Å². The molecule has 0 N–H and O–H groups in total. The molecule has 0 saturated heterocycles. The Bertz CT molecular complexity index is 3230. The van der Waals surface area contributed by atoms with Crippen LogP contribution in [0.3, 0.4) is 0 Å². The molecular weight excluding hydrogens is 769 g/mol. The van der Waals surface area contributed by atoms with E-state index in [0.29, 0.717) is 0 Å². The van der Waals surface area contributed by atoms with Crippen LogP contribution in [0.4, 0.5) is 0 Å². The monoisotopic (exact) mass is 818 g/mol. The lowest BCUT2D eigenvalue weighted by molar-refractivity contribution is 1.33. The van der Waals surface area contributed by atoms with Crippen molar-refractivity contribution in [3.05, 3.63) is 228 Å². The molecule has 11 aromatic carbocycles. The van der Waals surface area contributed by atoms with Gasteiger partial charge >= 0.3 is 0 Å². The number of hydrogen-bond acceptors (Lipinski definition) is 0. The van der Waals surface area contributed by atoms with E-state index in [2.05, 4.69) is 236 Å². The fourth-order valence-corrected chi connectivity index (χ4v) is 11.2. The first-order valence-electron chi connectivity index (χ1n) is 22.6. The number of rotatable bonds is 6. The van der Waals surface area contributed by atoms with E-state index in [4.69, 9.17) is 0 Å². The quantitative estimate of drug-likeness (QED) is 0.147. The van der Waals surface area contributed by atoms with Crippen molar-refractivity contribution >= 4 is 43.1 Å². The summed E-state index contributed by atoms with van der Waals surface area (Å²) in [6.45, 7) is 13.4. The molecule has 11 aromatic rings. The summed E-state index contributed by atoms with van der Waals surface area (Å²) < 4.78 is 0. The van der Waals surface area contributed by atoms with Crippen molar-refractivity contribution in [2.45, 2.75) is 41.5 Å². The lowest BCUT2D eigenvalue weighted by Gasteiger charge is -2.21. The van der Waals surface area contributed by atoms with E-state index in [1.54, 1.807) is 0 Å². The van der Waals surface area contributed by atoms with E-state index in [1.807, 2.05) is 0 Å². The minimum Gasteiger partial charge on any atom is -0.0616 e. The molecular formula is C64H50. The predicted molar refractivity (Wildman–Crippen MR) is 278 cm³/mol. The second kappa shape index (κ2) is 15.7. The number of fused-ring (bicyclic) bond motifs is 4. The van der Waals surface area contributed by atoms with Crippen LogP contribution in [0.15, 0.2) is 194 Å². The maximum absolute atomic E-state index is 2.32. The lowest BCUT2D eigenvalue weighted by atomic mass is 9.83. The van der Waals surface area contributed by atoms with Crippen LogP contribution in [-0.4, -0.2) is 0 Å². The molecule has 306 valence electrons. The van der Waals surface area contributed by atoms with E-state index in [-0.39, 0.29) is 0 Å². The second-order valence-electron chi connectivity index (χ2n) is 17.9. The Morgan fingerprint density at radius 2 is 0.422 bits per heavy atom. The normalized spacial score (nSPS) is 11.6. The molecule has 0 atom stereocenters. The number of aryl methyl sites for hydroxylation is 6. The van der Waals surface area contributed by atoms with Crippen molar-refractivity contribution in [1.82, 2.24) is 0 Å². The van der Waals surface area contributed by atoms with Crippen molar-refractivity contribution in [1.29, 1.82) is 0 Å². The van der Waals surface area contributed by atoms with Gasteiger partial charge in [0.2, 0.25) is 0 Å². The summed E-state index contributed by atoms with van der Waals surface area (Å²) in [6, 6.07) is 72.6.